The molecule has 0 spiro atoms. The number of hydrogen-bond acceptors (Lipinski definition) is 4. The van der Waals surface area contributed by atoms with Crippen molar-refractivity contribution < 1.29 is 19.4 Å². The zero-order chi connectivity index (χ0) is 14.7. The molecule has 0 aliphatic carbocycles. The van der Waals surface area contributed by atoms with Crippen LogP contribution in [-0.2, 0) is 11.3 Å². The third kappa shape index (κ3) is 2.98. The van der Waals surface area contributed by atoms with Crippen LogP contribution in [0.15, 0.2) is 30.3 Å². The summed E-state index contributed by atoms with van der Waals surface area (Å²) in [5.41, 5.74) is 0.929. The first kappa shape index (κ1) is 14.9. The predicted octanol–water partition coefficient (Wildman–Crippen LogP) is -0.323. The maximum Gasteiger partial charge on any atom is 0.239 e. The molecule has 1 aliphatic rings. The largest absolute Gasteiger partial charge is 0.389 e. The average molecular weight is 282 g/mol. The van der Waals surface area contributed by atoms with Gasteiger partial charge in [0.05, 0.1) is 0 Å². The number of benzene rings is 1. The number of amides is 1. The molecule has 6 heteroatoms. The van der Waals surface area contributed by atoms with E-state index >= 15 is 0 Å². The van der Waals surface area contributed by atoms with Gasteiger partial charge < -0.3 is 15.5 Å². The Bertz CT molecular complexity index is 457. The number of aliphatic hydroxyl groups excluding tert-OH is 2. The van der Waals surface area contributed by atoms with E-state index < -0.39 is 30.3 Å². The number of β-amino-alcohol motifs (C(OH)–C–C–N with tert-alkyl or cyclic N) is 1. The van der Waals surface area contributed by atoms with Crippen molar-refractivity contribution in [3.8, 4) is 0 Å². The molecule has 4 atom stereocenters. The van der Waals surface area contributed by atoms with Gasteiger partial charge >= 0.3 is 0 Å². The number of rotatable bonds is 3. The number of carbonyl (C=O) groups excluding carboxylic acids is 1. The third-order valence-electron chi connectivity index (χ3n) is 3.58. The second kappa shape index (κ2) is 6.30. The summed E-state index contributed by atoms with van der Waals surface area (Å²) < 4.78 is 13.7. The molecule has 1 heterocycles. The Morgan fingerprint density at radius 2 is 2.05 bits per heavy atom. The quantitative estimate of drug-likeness (QED) is 0.710. The summed E-state index contributed by atoms with van der Waals surface area (Å²) in [5.74, 6) is -0.456. The molecular weight excluding hydrogens is 263 g/mol. The molecule has 0 saturated carbocycles. The number of likely N-dealkylation sites (N-methyl/N-ethyl adjacent to an activating group) is 1. The van der Waals surface area contributed by atoms with Crippen molar-refractivity contribution in [1.82, 2.24) is 10.2 Å². The van der Waals surface area contributed by atoms with Crippen LogP contribution in [0.3, 0.4) is 0 Å². The molecule has 2 rings (SSSR count). The van der Waals surface area contributed by atoms with Crippen molar-refractivity contribution in [2.24, 2.45) is 0 Å². The molecule has 1 aromatic carbocycles. The van der Waals surface area contributed by atoms with E-state index in [0.717, 1.165) is 5.56 Å². The molecule has 1 fully saturated rings. The molecule has 0 bridgehead atoms. The van der Waals surface area contributed by atoms with Crippen molar-refractivity contribution in [2.45, 2.75) is 31.0 Å². The van der Waals surface area contributed by atoms with Crippen LogP contribution in [0.25, 0.3) is 0 Å². The van der Waals surface area contributed by atoms with E-state index in [4.69, 9.17) is 0 Å². The van der Waals surface area contributed by atoms with Crippen LogP contribution in [-0.4, -0.2) is 59.0 Å². The topological polar surface area (TPSA) is 72.8 Å². The Hall–Kier alpha value is -1.50. The fourth-order valence-electron chi connectivity index (χ4n) is 2.52. The average Bonchev–Trinajstić information content (AvgIpc) is 2.45. The monoisotopic (exact) mass is 282 g/mol. The summed E-state index contributed by atoms with van der Waals surface area (Å²) in [7, 11) is 1.44. The van der Waals surface area contributed by atoms with E-state index in [-0.39, 0.29) is 6.54 Å². The predicted molar refractivity (Wildman–Crippen MR) is 71.6 cm³/mol. The molecule has 0 radical (unpaired) electrons. The van der Waals surface area contributed by atoms with Crippen LogP contribution in [0.5, 0.6) is 0 Å². The van der Waals surface area contributed by atoms with Gasteiger partial charge in [-0.2, -0.15) is 0 Å². The van der Waals surface area contributed by atoms with Gasteiger partial charge in [0.2, 0.25) is 5.91 Å². The SMILES string of the molecule is CNC(=O)[C@@H]1[C@@H](O)[C@@H](F)[C@H](O)CN1Cc1ccccc1. The summed E-state index contributed by atoms with van der Waals surface area (Å²) in [5, 5.41) is 22.0. The first-order valence-electron chi connectivity index (χ1n) is 6.54. The lowest BCUT2D eigenvalue weighted by Crippen LogP contribution is -2.64. The van der Waals surface area contributed by atoms with Crippen molar-refractivity contribution in [2.75, 3.05) is 13.6 Å². The Labute approximate surface area is 117 Å². The fourth-order valence-corrected chi connectivity index (χ4v) is 2.52. The Morgan fingerprint density at radius 1 is 1.40 bits per heavy atom. The molecule has 1 aromatic rings. The number of aliphatic hydroxyl groups is 2. The molecule has 5 nitrogen and oxygen atoms in total. The van der Waals surface area contributed by atoms with Crippen molar-refractivity contribution in [3.63, 3.8) is 0 Å². The minimum absolute atomic E-state index is 0.00517. The van der Waals surface area contributed by atoms with Gasteiger partial charge in [0, 0.05) is 20.1 Å². The number of nitrogens with zero attached hydrogens (tertiary/aromatic N) is 1. The van der Waals surface area contributed by atoms with Gasteiger partial charge in [-0.3, -0.25) is 9.69 Å². The zero-order valence-corrected chi connectivity index (χ0v) is 11.2. The number of nitrogens with one attached hydrogen (secondary N) is 1. The van der Waals surface area contributed by atoms with Crippen LogP contribution >= 0.6 is 0 Å². The Morgan fingerprint density at radius 3 is 2.65 bits per heavy atom. The molecule has 20 heavy (non-hydrogen) atoms. The van der Waals surface area contributed by atoms with Crippen molar-refractivity contribution >= 4 is 5.91 Å². The van der Waals surface area contributed by atoms with Crippen molar-refractivity contribution in [3.05, 3.63) is 35.9 Å². The van der Waals surface area contributed by atoms with Gasteiger partial charge in [0.1, 0.15) is 18.2 Å². The minimum atomic E-state index is -1.82. The second-order valence-electron chi connectivity index (χ2n) is 4.98. The van der Waals surface area contributed by atoms with Gasteiger partial charge in [-0.05, 0) is 5.56 Å². The molecule has 110 valence electrons. The highest BCUT2D eigenvalue weighted by molar-refractivity contribution is 5.82. The van der Waals surface area contributed by atoms with Crippen LogP contribution in [0.1, 0.15) is 5.56 Å². The number of carbonyl (C=O) groups is 1. The van der Waals surface area contributed by atoms with E-state index in [1.807, 2.05) is 30.3 Å². The lowest BCUT2D eigenvalue weighted by molar-refractivity contribution is -0.147. The van der Waals surface area contributed by atoms with Crippen LogP contribution in [0.4, 0.5) is 4.39 Å². The highest BCUT2D eigenvalue weighted by atomic mass is 19.1. The third-order valence-corrected chi connectivity index (χ3v) is 3.58. The van der Waals surface area contributed by atoms with Gasteiger partial charge in [-0.15, -0.1) is 0 Å². The van der Waals surface area contributed by atoms with E-state index in [0.29, 0.717) is 6.54 Å². The maximum atomic E-state index is 13.7. The number of halogens is 1. The first-order chi connectivity index (χ1) is 9.54. The summed E-state index contributed by atoms with van der Waals surface area (Å²) in [6, 6.07) is 8.34. The highest BCUT2D eigenvalue weighted by Crippen LogP contribution is 2.23. The Balaban J connectivity index is 2.20. The lowest BCUT2D eigenvalue weighted by Gasteiger charge is -2.41. The van der Waals surface area contributed by atoms with Crippen LogP contribution in [0.2, 0.25) is 0 Å². The number of alkyl halides is 1. The molecule has 1 amide bonds. The van der Waals surface area contributed by atoms with Gasteiger partial charge in [-0.1, -0.05) is 30.3 Å². The van der Waals surface area contributed by atoms with E-state index in [1.165, 1.54) is 7.05 Å². The van der Waals surface area contributed by atoms with E-state index in [2.05, 4.69) is 5.32 Å². The number of piperidine rings is 1. The normalized spacial score (nSPS) is 31.0. The maximum absolute atomic E-state index is 13.7. The summed E-state index contributed by atoms with van der Waals surface area (Å²) in [6.45, 7) is 0.366. The lowest BCUT2D eigenvalue weighted by atomic mass is 9.93. The smallest absolute Gasteiger partial charge is 0.239 e. The fraction of sp³-hybridized carbons (Fsp3) is 0.500. The van der Waals surface area contributed by atoms with Crippen LogP contribution < -0.4 is 5.32 Å². The Kier molecular flexibility index (Phi) is 4.69. The number of likely N-dealkylation sites (tertiary alicyclic amines) is 1. The summed E-state index contributed by atoms with van der Waals surface area (Å²) in [4.78, 5) is 13.5. The highest BCUT2D eigenvalue weighted by Gasteiger charge is 2.45. The van der Waals surface area contributed by atoms with Crippen LogP contribution in [0, 0.1) is 0 Å². The van der Waals surface area contributed by atoms with E-state index in [9.17, 15) is 19.4 Å². The van der Waals surface area contributed by atoms with Crippen molar-refractivity contribution in [1.29, 1.82) is 0 Å². The minimum Gasteiger partial charge on any atom is -0.389 e. The second-order valence-corrected chi connectivity index (χ2v) is 4.98. The molecule has 1 aliphatic heterocycles. The number of hydrogen-bond donors (Lipinski definition) is 3. The molecule has 0 unspecified atom stereocenters. The van der Waals surface area contributed by atoms with Gasteiger partial charge in [0.15, 0.2) is 6.17 Å². The summed E-state index contributed by atoms with van der Waals surface area (Å²) in [6.07, 6.45) is -4.65. The molecular formula is C14H19FN2O3. The van der Waals surface area contributed by atoms with E-state index in [1.54, 1.807) is 4.90 Å². The van der Waals surface area contributed by atoms with Gasteiger partial charge in [-0.25, -0.2) is 4.39 Å². The standard InChI is InChI=1S/C14H19FN2O3/c1-16-14(20)12-13(19)11(15)10(18)8-17(12)7-9-5-3-2-4-6-9/h2-6,10-13,18-19H,7-8H2,1H3,(H,16,20)/t10-,11+,12+,13+/m1/s1. The molecule has 0 aromatic heterocycles. The van der Waals surface area contributed by atoms with Gasteiger partial charge in [0.25, 0.3) is 0 Å². The molecule has 1 saturated heterocycles. The molecule has 3 N–H and O–H groups in total. The summed E-state index contributed by atoms with van der Waals surface area (Å²) >= 11 is 0. The zero-order valence-electron chi connectivity index (χ0n) is 11.2. The first-order valence-corrected chi connectivity index (χ1v) is 6.54.